The Kier molecular flexibility index (Phi) is 9.49. The molecule has 0 heterocycles. The predicted molar refractivity (Wildman–Crippen MR) is 242 cm³/mol. The van der Waals surface area contributed by atoms with Gasteiger partial charge in [-0.2, -0.15) is 0 Å². The predicted octanol–water partition coefficient (Wildman–Crippen LogP) is 14.5. The minimum Gasteiger partial charge on any atom is -0.0619 e. The molecule has 0 radical (unpaired) electrons. The smallest absolute Gasteiger partial charge is 0.0619 e. The summed E-state index contributed by atoms with van der Waals surface area (Å²) in [5, 5.41) is 0. The molecule has 0 saturated carbocycles. The summed E-state index contributed by atoms with van der Waals surface area (Å²) >= 11 is 0. The van der Waals surface area contributed by atoms with Gasteiger partial charge in [0, 0.05) is 0 Å². The van der Waals surface area contributed by atoms with Gasteiger partial charge in [-0.15, -0.1) is 0 Å². The molecule has 8 aromatic carbocycles. The van der Waals surface area contributed by atoms with Crippen molar-refractivity contribution in [2.24, 2.45) is 0 Å². The van der Waals surface area contributed by atoms with Crippen molar-refractivity contribution in [3.63, 3.8) is 0 Å². The van der Waals surface area contributed by atoms with E-state index in [1.807, 2.05) is 0 Å². The molecular formula is C57H46. The van der Waals surface area contributed by atoms with Crippen LogP contribution in [0.4, 0.5) is 0 Å². The summed E-state index contributed by atoms with van der Waals surface area (Å²) in [6, 6.07) is 72.1. The van der Waals surface area contributed by atoms with Crippen molar-refractivity contribution in [3.8, 4) is 11.1 Å². The maximum absolute atomic E-state index is 2.35. The van der Waals surface area contributed by atoms with Crippen LogP contribution in [-0.2, 0) is 5.41 Å². The fraction of sp³-hybridized carbons (Fsp3) is 0.0877. The summed E-state index contributed by atoms with van der Waals surface area (Å²) in [5.74, 6) is 0. The Morgan fingerprint density at radius 3 is 0.895 bits per heavy atom. The van der Waals surface area contributed by atoms with Crippen LogP contribution in [0.25, 0.3) is 34.4 Å². The van der Waals surface area contributed by atoms with Crippen LogP contribution >= 0.6 is 0 Å². The molecule has 0 atom stereocenters. The van der Waals surface area contributed by atoms with Crippen molar-refractivity contribution < 1.29 is 0 Å². The Hall–Kier alpha value is -6.76. The third-order valence-electron chi connectivity index (χ3n) is 11.7. The Morgan fingerprint density at radius 2 is 0.596 bits per heavy atom. The number of hydrogen-bond donors (Lipinski definition) is 0. The van der Waals surface area contributed by atoms with Gasteiger partial charge >= 0.3 is 0 Å². The number of aryl methyl sites for hydroxylation is 4. The van der Waals surface area contributed by atoms with Crippen molar-refractivity contribution in [1.82, 2.24) is 0 Å². The van der Waals surface area contributed by atoms with Crippen LogP contribution in [0.2, 0.25) is 0 Å². The molecule has 0 unspecified atom stereocenters. The lowest BCUT2D eigenvalue weighted by Gasteiger charge is -2.34. The van der Waals surface area contributed by atoms with Crippen molar-refractivity contribution in [3.05, 3.63) is 272 Å². The van der Waals surface area contributed by atoms with Crippen molar-refractivity contribution in [2.75, 3.05) is 0 Å². The second-order valence-electron chi connectivity index (χ2n) is 15.7. The summed E-state index contributed by atoms with van der Waals surface area (Å²) in [4.78, 5) is 0. The minimum absolute atomic E-state index is 0.481. The molecule has 1 aliphatic rings. The molecule has 0 spiro atoms. The summed E-state index contributed by atoms with van der Waals surface area (Å²) in [6.07, 6.45) is 4.67. The average Bonchev–Trinajstić information content (AvgIpc) is 3.55. The topological polar surface area (TPSA) is 0 Å². The summed E-state index contributed by atoms with van der Waals surface area (Å²) < 4.78 is 0. The van der Waals surface area contributed by atoms with E-state index in [0.717, 1.165) is 0 Å². The van der Waals surface area contributed by atoms with Crippen LogP contribution in [0, 0.1) is 27.7 Å². The first-order valence-electron chi connectivity index (χ1n) is 20.0. The van der Waals surface area contributed by atoms with Crippen LogP contribution in [-0.4, -0.2) is 0 Å². The molecule has 0 nitrogen and oxygen atoms in total. The van der Waals surface area contributed by atoms with Crippen molar-refractivity contribution >= 4 is 23.3 Å². The van der Waals surface area contributed by atoms with E-state index in [1.165, 1.54) is 100 Å². The second-order valence-corrected chi connectivity index (χ2v) is 15.7. The highest BCUT2D eigenvalue weighted by molar-refractivity contribution is 5.93. The molecule has 8 aromatic rings. The van der Waals surface area contributed by atoms with E-state index in [-0.39, 0.29) is 0 Å². The maximum Gasteiger partial charge on any atom is 0.0713 e. The lowest BCUT2D eigenvalue weighted by molar-refractivity contribution is 0.768. The van der Waals surface area contributed by atoms with Gasteiger partial charge in [0.25, 0.3) is 0 Å². The molecule has 1 aliphatic carbocycles. The van der Waals surface area contributed by atoms with Gasteiger partial charge in [-0.3, -0.25) is 0 Å². The lowest BCUT2D eigenvalue weighted by Crippen LogP contribution is -2.28. The molecule has 0 fully saturated rings. The van der Waals surface area contributed by atoms with Crippen LogP contribution < -0.4 is 0 Å². The standard InChI is InChI=1S/C57H46/c1-39-13-25-45(26-14-39)53(46-27-15-40(2)16-28-46)37-43-21-33-49(34-22-43)57(55-11-7-5-9-51(55)52-10-6-8-12-56(52)57)50-35-23-44(24-36-50)38-54(47-29-17-41(3)18-30-47)48-31-19-42(4)20-32-48/h5-38H,1-4H3. The number of benzene rings is 8. The highest BCUT2D eigenvalue weighted by Gasteiger charge is 2.45. The highest BCUT2D eigenvalue weighted by atomic mass is 14.5. The van der Waals surface area contributed by atoms with Crippen molar-refractivity contribution in [1.29, 1.82) is 0 Å². The van der Waals surface area contributed by atoms with E-state index in [4.69, 9.17) is 0 Å². The molecular weight excluding hydrogens is 685 g/mol. The molecule has 9 rings (SSSR count). The first kappa shape index (κ1) is 35.9. The number of fused-ring (bicyclic) bond motifs is 3. The number of hydrogen-bond acceptors (Lipinski definition) is 0. The molecule has 0 aromatic heterocycles. The van der Waals surface area contributed by atoms with Gasteiger partial charge < -0.3 is 0 Å². The summed E-state index contributed by atoms with van der Waals surface area (Å²) in [6.45, 7) is 8.58. The monoisotopic (exact) mass is 730 g/mol. The largest absolute Gasteiger partial charge is 0.0713 e. The van der Waals surface area contributed by atoms with Gasteiger partial charge in [0.05, 0.1) is 5.41 Å². The van der Waals surface area contributed by atoms with Gasteiger partial charge in [0.2, 0.25) is 0 Å². The first-order valence-corrected chi connectivity index (χ1v) is 20.0. The SMILES string of the molecule is Cc1ccc(C(=Cc2ccc(C3(c4ccc(C=C(c5ccc(C)cc5)c5ccc(C)cc5)cc4)c4ccccc4-c4ccccc43)cc2)c2ccc(C)cc2)cc1. The van der Waals surface area contributed by atoms with E-state index in [2.05, 4.69) is 234 Å². The zero-order valence-electron chi connectivity index (χ0n) is 33.1. The van der Waals surface area contributed by atoms with Crippen LogP contribution in [0.3, 0.4) is 0 Å². The Bertz CT molecular complexity index is 2450. The maximum atomic E-state index is 2.35. The van der Waals surface area contributed by atoms with Crippen LogP contribution in [0.5, 0.6) is 0 Å². The molecule has 0 saturated heterocycles. The minimum atomic E-state index is -0.481. The zero-order chi connectivity index (χ0) is 38.9. The quantitative estimate of drug-likeness (QED) is 0.137. The van der Waals surface area contributed by atoms with Crippen LogP contribution in [0.15, 0.2) is 194 Å². The number of rotatable bonds is 8. The molecule has 0 heteroatoms. The summed E-state index contributed by atoms with van der Waals surface area (Å²) in [5.41, 5.74) is 21.9. The second kappa shape index (κ2) is 15.1. The van der Waals surface area contributed by atoms with Gasteiger partial charge in [-0.25, -0.2) is 0 Å². The lowest BCUT2D eigenvalue weighted by atomic mass is 9.67. The normalized spacial score (nSPS) is 12.4. The van der Waals surface area contributed by atoms with E-state index in [0.29, 0.717) is 0 Å². The van der Waals surface area contributed by atoms with Gasteiger partial charge in [0.1, 0.15) is 0 Å². The van der Waals surface area contributed by atoms with Gasteiger partial charge in [0.15, 0.2) is 0 Å². The third kappa shape index (κ3) is 6.79. The van der Waals surface area contributed by atoms with Crippen molar-refractivity contribution in [2.45, 2.75) is 33.1 Å². The zero-order valence-corrected chi connectivity index (χ0v) is 33.1. The van der Waals surface area contributed by atoms with E-state index in [1.54, 1.807) is 0 Å². The summed E-state index contributed by atoms with van der Waals surface area (Å²) in [7, 11) is 0. The van der Waals surface area contributed by atoms with E-state index in [9.17, 15) is 0 Å². The van der Waals surface area contributed by atoms with Gasteiger partial charge in [-0.05, 0) is 118 Å². The van der Waals surface area contributed by atoms with Gasteiger partial charge in [-0.1, -0.05) is 216 Å². The Balaban J connectivity index is 1.18. The molecule has 0 N–H and O–H groups in total. The fourth-order valence-corrected chi connectivity index (χ4v) is 8.61. The Labute approximate surface area is 338 Å². The molecule has 274 valence electrons. The van der Waals surface area contributed by atoms with E-state index < -0.39 is 5.41 Å². The third-order valence-corrected chi connectivity index (χ3v) is 11.7. The highest BCUT2D eigenvalue weighted by Crippen LogP contribution is 2.56. The molecule has 0 aliphatic heterocycles. The van der Waals surface area contributed by atoms with E-state index >= 15 is 0 Å². The molecule has 57 heavy (non-hydrogen) atoms. The Morgan fingerprint density at radius 1 is 0.316 bits per heavy atom. The average molecular weight is 731 g/mol. The molecule has 0 bridgehead atoms. The first-order chi connectivity index (χ1) is 27.9. The molecule has 0 amide bonds. The fourth-order valence-electron chi connectivity index (χ4n) is 8.61. The van der Waals surface area contributed by atoms with Crippen LogP contribution in [0.1, 0.15) is 77.9 Å².